The third-order valence-electron chi connectivity index (χ3n) is 11.3. The number of unbranched alkanes of at least 4 members (excludes halogenated alkanes) is 7. The van der Waals surface area contributed by atoms with E-state index in [1.54, 1.807) is 56.8 Å². The zero-order valence-electron chi connectivity index (χ0n) is 28.1. The molecule has 0 unspecified atom stereocenters. The quantitative estimate of drug-likeness (QED) is 0.0857. The van der Waals surface area contributed by atoms with E-state index in [2.05, 4.69) is 0 Å². The van der Waals surface area contributed by atoms with Gasteiger partial charge in [-0.1, -0.05) is 63.5 Å². The number of hydrogen-bond donors (Lipinski definition) is 0. The topological polar surface area (TPSA) is 94.6 Å². The van der Waals surface area contributed by atoms with Crippen LogP contribution in [0.5, 0.6) is 0 Å². The molecule has 2 amide bonds. The standard InChI is InChI=1S/C36H57NO2P.CH4O3S/c38-35-33-26-16-17-27-34(33)36(39)37(35)28-18-5-3-1-2-4-6-19-29-40(30-20-10-7-11-21-30,31-22-12-8-13-23-31)32-24-14-9-15-25-32;1-5(2,3)4/h16-17,26-27,30-32H,1-15,18-25,28-29H2;1H3,(H,2,3,4)/q+1;/p-1. The van der Waals surface area contributed by atoms with Crippen LogP contribution >= 0.6 is 7.26 Å². The second-order valence-electron chi connectivity index (χ2n) is 14.4. The van der Waals surface area contributed by atoms with Crippen molar-refractivity contribution in [2.75, 3.05) is 19.0 Å². The van der Waals surface area contributed by atoms with Crippen LogP contribution in [0.15, 0.2) is 24.3 Å². The maximum absolute atomic E-state index is 12.6. The van der Waals surface area contributed by atoms with Gasteiger partial charge in [-0.25, -0.2) is 8.42 Å². The minimum Gasteiger partial charge on any atom is -0.748 e. The molecule has 0 N–H and O–H groups in total. The lowest BCUT2D eigenvalue weighted by Crippen LogP contribution is -2.37. The van der Waals surface area contributed by atoms with E-state index < -0.39 is 17.4 Å². The molecule has 1 aromatic rings. The number of benzene rings is 1. The Morgan fingerprint density at radius 1 is 0.622 bits per heavy atom. The highest BCUT2D eigenvalue weighted by atomic mass is 32.2. The van der Waals surface area contributed by atoms with Crippen molar-refractivity contribution in [1.29, 1.82) is 0 Å². The molecule has 1 aliphatic heterocycles. The van der Waals surface area contributed by atoms with Crippen LogP contribution in [0.2, 0.25) is 0 Å². The summed E-state index contributed by atoms with van der Waals surface area (Å²) in [5, 5.41) is 0. The lowest BCUT2D eigenvalue weighted by Gasteiger charge is -2.49. The summed E-state index contributed by atoms with van der Waals surface area (Å²) in [6, 6.07) is 7.25. The van der Waals surface area contributed by atoms with Gasteiger partial charge in [-0.3, -0.25) is 14.5 Å². The SMILES string of the molecule is CS(=O)(=O)[O-].O=C1c2ccccc2C(=O)N1CCCCCCCCCC[P+](C1CCCCC1)(C1CCCCC1)C1CCCCC1. The van der Waals surface area contributed by atoms with E-state index in [1.165, 1.54) is 101 Å². The summed E-state index contributed by atoms with van der Waals surface area (Å²) in [7, 11) is -4.81. The zero-order valence-corrected chi connectivity index (χ0v) is 29.8. The van der Waals surface area contributed by atoms with Gasteiger partial charge < -0.3 is 4.55 Å². The van der Waals surface area contributed by atoms with Gasteiger partial charge in [-0.05, 0) is 108 Å². The molecular weight excluding hydrogens is 601 g/mol. The first kappa shape index (κ1) is 36.5. The van der Waals surface area contributed by atoms with Crippen LogP contribution in [0.4, 0.5) is 0 Å². The molecule has 0 radical (unpaired) electrons. The number of amides is 2. The van der Waals surface area contributed by atoms with Gasteiger partial charge in [0.2, 0.25) is 0 Å². The third-order valence-corrected chi connectivity index (χ3v) is 18.0. The largest absolute Gasteiger partial charge is 0.748 e. The zero-order chi connectivity index (χ0) is 32.1. The van der Waals surface area contributed by atoms with Crippen LogP contribution in [0.3, 0.4) is 0 Å². The summed E-state index contributed by atoms with van der Waals surface area (Å²) >= 11 is 0. The molecule has 6 nitrogen and oxygen atoms in total. The average molecular weight is 662 g/mol. The second-order valence-corrected chi connectivity index (χ2v) is 20.5. The average Bonchev–Trinajstić information content (AvgIpc) is 3.29. The fourth-order valence-corrected chi connectivity index (χ4v) is 16.9. The highest BCUT2D eigenvalue weighted by molar-refractivity contribution is 7.84. The number of hydrogen-bond acceptors (Lipinski definition) is 5. The maximum atomic E-state index is 12.6. The van der Waals surface area contributed by atoms with Gasteiger partial charge in [-0.2, -0.15) is 0 Å². The molecule has 0 saturated heterocycles. The lowest BCUT2D eigenvalue weighted by molar-refractivity contribution is 0.0651. The molecule has 8 heteroatoms. The summed E-state index contributed by atoms with van der Waals surface area (Å²) in [5.41, 5.74) is 4.56. The highest BCUT2D eigenvalue weighted by Crippen LogP contribution is 2.77. The molecule has 0 atom stereocenters. The first-order valence-electron chi connectivity index (χ1n) is 18.4. The Kier molecular flexibility index (Phi) is 14.9. The van der Waals surface area contributed by atoms with E-state index in [4.69, 9.17) is 13.0 Å². The van der Waals surface area contributed by atoms with Crippen molar-refractivity contribution in [3.05, 3.63) is 35.4 Å². The number of imide groups is 1. The molecule has 5 rings (SSSR count). The van der Waals surface area contributed by atoms with E-state index in [0.29, 0.717) is 23.9 Å². The molecule has 0 bridgehead atoms. The maximum Gasteiger partial charge on any atom is 0.261 e. The molecule has 4 aliphatic rings. The Morgan fingerprint density at radius 2 is 0.956 bits per heavy atom. The third kappa shape index (κ3) is 10.6. The van der Waals surface area contributed by atoms with Gasteiger partial charge in [0.05, 0.1) is 44.4 Å². The van der Waals surface area contributed by atoms with Crippen LogP contribution in [-0.2, 0) is 10.1 Å². The Morgan fingerprint density at radius 3 is 1.33 bits per heavy atom. The first-order valence-corrected chi connectivity index (χ1v) is 22.4. The fraction of sp³-hybridized carbons (Fsp3) is 0.784. The summed E-state index contributed by atoms with van der Waals surface area (Å²) in [5.74, 6) is -0.205. The minimum atomic E-state index is -3.92. The van der Waals surface area contributed by atoms with Crippen LogP contribution in [0.1, 0.15) is 168 Å². The number of carbonyl (C=O) groups is 2. The van der Waals surface area contributed by atoms with Crippen LogP contribution < -0.4 is 0 Å². The molecule has 3 fully saturated rings. The summed E-state index contributed by atoms with van der Waals surface area (Å²) in [4.78, 5) is 26.6. The molecule has 0 spiro atoms. The highest BCUT2D eigenvalue weighted by Gasteiger charge is 2.56. The van der Waals surface area contributed by atoms with Gasteiger partial charge in [0.1, 0.15) is 0 Å². The fourth-order valence-electron chi connectivity index (χ4n) is 9.29. The van der Waals surface area contributed by atoms with Crippen LogP contribution in [0, 0.1) is 0 Å². The number of carbonyl (C=O) groups excluding carboxylic acids is 2. The van der Waals surface area contributed by atoms with E-state index in [1.807, 2.05) is 12.1 Å². The summed E-state index contributed by atoms with van der Waals surface area (Å²) in [6.07, 6.45) is 35.7. The van der Waals surface area contributed by atoms with Gasteiger partial charge >= 0.3 is 0 Å². The minimum absolute atomic E-state index is 0.103. The predicted molar refractivity (Wildman–Crippen MR) is 187 cm³/mol. The van der Waals surface area contributed by atoms with E-state index >= 15 is 0 Å². The Labute approximate surface area is 275 Å². The molecule has 1 aromatic carbocycles. The molecule has 45 heavy (non-hydrogen) atoms. The first-order chi connectivity index (χ1) is 21.7. The molecule has 0 aromatic heterocycles. The van der Waals surface area contributed by atoms with Crippen molar-refractivity contribution in [2.24, 2.45) is 0 Å². The molecule has 254 valence electrons. The normalized spacial score (nSPS) is 20.6. The smallest absolute Gasteiger partial charge is 0.261 e. The van der Waals surface area contributed by atoms with Crippen molar-refractivity contribution in [2.45, 2.75) is 165 Å². The number of fused-ring (bicyclic) bond motifs is 1. The van der Waals surface area contributed by atoms with E-state index in [0.717, 1.165) is 29.8 Å². The lowest BCUT2D eigenvalue weighted by atomic mass is 9.99. The molecular formula is C37H60NO5PS. The van der Waals surface area contributed by atoms with E-state index in [-0.39, 0.29) is 11.8 Å². The second kappa shape index (κ2) is 18.3. The Balaban J connectivity index is 0.000000854. The van der Waals surface area contributed by atoms with Crippen LogP contribution in [-0.4, -0.2) is 65.6 Å². The predicted octanol–water partition coefficient (Wildman–Crippen LogP) is 9.58. The molecule has 3 saturated carbocycles. The number of rotatable bonds is 14. The van der Waals surface area contributed by atoms with Gasteiger partial charge in [0.15, 0.2) is 0 Å². The summed E-state index contributed by atoms with van der Waals surface area (Å²) in [6.45, 7) is 0.571. The number of nitrogens with zero attached hydrogens (tertiary/aromatic N) is 1. The van der Waals surface area contributed by atoms with Crippen molar-refractivity contribution in [3.63, 3.8) is 0 Å². The van der Waals surface area contributed by atoms with E-state index in [9.17, 15) is 9.59 Å². The molecule has 3 aliphatic carbocycles. The van der Waals surface area contributed by atoms with Crippen molar-refractivity contribution >= 4 is 29.2 Å². The molecule has 1 heterocycles. The van der Waals surface area contributed by atoms with Gasteiger partial charge in [-0.15, -0.1) is 0 Å². The van der Waals surface area contributed by atoms with Crippen LogP contribution in [0.25, 0.3) is 0 Å². The van der Waals surface area contributed by atoms with Crippen molar-refractivity contribution in [1.82, 2.24) is 4.90 Å². The monoisotopic (exact) mass is 661 g/mol. The van der Waals surface area contributed by atoms with Crippen molar-refractivity contribution < 1.29 is 22.6 Å². The Hall–Kier alpha value is -1.30. The Bertz CT molecular complexity index is 1080. The summed E-state index contributed by atoms with van der Waals surface area (Å²) < 4.78 is 27.2. The van der Waals surface area contributed by atoms with Crippen molar-refractivity contribution in [3.8, 4) is 0 Å². The van der Waals surface area contributed by atoms with Gasteiger partial charge in [0, 0.05) is 20.1 Å². The van der Waals surface area contributed by atoms with Gasteiger partial charge in [0.25, 0.3) is 11.8 Å².